The number of aliphatic hydroxyl groups is 2. The second kappa shape index (κ2) is 6.27. The minimum Gasteiger partial charge on any atom is -0.462 e. The predicted molar refractivity (Wildman–Crippen MR) is 105 cm³/mol. The van der Waals surface area contributed by atoms with Gasteiger partial charge in [-0.2, -0.15) is 0 Å². The SMILES string of the molecule is COC[C@@H]1C(=O)[C@]23C[C@H]1C[C@H](OC(C)=O)[C@H]2[C@]12CCCC(C)(C)[C@H]1[C@H](O)[C@@]3(O)OC2. The minimum absolute atomic E-state index is 0.0660. The maximum absolute atomic E-state index is 14.0. The predicted octanol–water partition coefficient (Wildman–Crippen LogP) is 1.68. The number of rotatable bonds is 3. The molecule has 7 heteroatoms. The second-order valence-corrected chi connectivity index (χ2v) is 11.2. The summed E-state index contributed by atoms with van der Waals surface area (Å²) in [7, 11) is 1.57. The zero-order chi connectivity index (χ0) is 21.7. The topological polar surface area (TPSA) is 102 Å². The molecule has 0 aromatic carbocycles. The number of ether oxygens (including phenoxy) is 3. The van der Waals surface area contributed by atoms with Crippen LogP contribution in [0.1, 0.15) is 52.9 Å². The molecule has 7 nitrogen and oxygen atoms in total. The van der Waals surface area contributed by atoms with Gasteiger partial charge in [-0.3, -0.25) is 9.59 Å². The van der Waals surface area contributed by atoms with Gasteiger partial charge in [0.05, 0.1) is 18.6 Å². The third kappa shape index (κ3) is 2.20. The van der Waals surface area contributed by atoms with Crippen molar-refractivity contribution in [3.05, 3.63) is 0 Å². The monoisotopic (exact) mass is 422 g/mol. The van der Waals surface area contributed by atoms with Crippen LogP contribution in [0.4, 0.5) is 0 Å². The third-order valence-electron chi connectivity index (χ3n) is 9.49. The Morgan fingerprint density at radius 2 is 2.00 bits per heavy atom. The molecule has 0 unspecified atom stereocenters. The second-order valence-electron chi connectivity index (χ2n) is 11.2. The Morgan fingerprint density at radius 3 is 2.67 bits per heavy atom. The van der Waals surface area contributed by atoms with Crippen LogP contribution in [0.15, 0.2) is 0 Å². The van der Waals surface area contributed by atoms with Crippen molar-refractivity contribution >= 4 is 11.8 Å². The number of ketones is 1. The van der Waals surface area contributed by atoms with E-state index in [1.165, 1.54) is 6.92 Å². The summed E-state index contributed by atoms with van der Waals surface area (Å²) in [6, 6.07) is 0. The highest BCUT2D eigenvalue weighted by Crippen LogP contribution is 2.76. The number of aliphatic hydroxyl groups excluding tert-OH is 1. The van der Waals surface area contributed by atoms with Crippen LogP contribution in [0.5, 0.6) is 0 Å². The molecule has 4 aliphatic carbocycles. The molecule has 6 fully saturated rings. The van der Waals surface area contributed by atoms with Gasteiger partial charge in [0.15, 0.2) is 5.78 Å². The molecule has 0 aromatic heterocycles. The molecule has 2 heterocycles. The highest BCUT2D eigenvalue weighted by molar-refractivity contribution is 5.92. The molecule has 2 spiro atoms. The molecule has 2 aliphatic heterocycles. The highest BCUT2D eigenvalue weighted by Gasteiger charge is 2.85. The van der Waals surface area contributed by atoms with Crippen molar-refractivity contribution in [2.45, 2.75) is 70.9 Å². The normalized spacial score (nSPS) is 53.2. The number of hydrogen-bond acceptors (Lipinski definition) is 7. The number of carbonyl (C=O) groups excluding carboxylic acids is 2. The van der Waals surface area contributed by atoms with Crippen LogP contribution in [0.25, 0.3) is 0 Å². The number of esters is 1. The Bertz CT molecular complexity index is 780. The van der Waals surface area contributed by atoms with Crippen molar-refractivity contribution in [3.63, 3.8) is 0 Å². The first-order chi connectivity index (χ1) is 14.0. The van der Waals surface area contributed by atoms with E-state index in [0.29, 0.717) is 12.8 Å². The fourth-order valence-corrected chi connectivity index (χ4v) is 8.86. The summed E-state index contributed by atoms with van der Waals surface area (Å²) in [6.45, 7) is 6.22. The van der Waals surface area contributed by atoms with Crippen molar-refractivity contribution in [2.24, 2.45) is 39.9 Å². The van der Waals surface area contributed by atoms with Crippen LogP contribution in [-0.4, -0.2) is 60.3 Å². The lowest BCUT2D eigenvalue weighted by Crippen LogP contribution is -2.83. The van der Waals surface area contributed by atoms with Gasteiger partial charge in [-0.15, -0.1) is 0 Å². The summed E-state index contributed by atoms with van der Waals surface area (Å²) in [6.07, 6.45) is 2.11. The summed E-state index contributed by atoms with van der Waals surface area (Å²) in [4.78, 5) is 26.0. The van der Waals surface area contributed by atoms with E-state index >= 15 is 0 Å². The molecule has 168 valence electrons. The molecule has 0 radical (unpaired) electrons. The molecular weight excluding hydrogens is 388 g/mol. The van der Waals surface area contributed by atoms with Crippen LogP contribution >= 0.6 is 0 Å². The lowest BCUT2D eigenvalue weighted by atomic mass is 9.36. The fourth-order valence-electron chi connectivity index (χ4n) is 8.86. The van der Waals surface area contributed by atoms with Gasteiger partial charge in [0.1, 0.15) is 12.2 Å². The molecule has 4 saturated carbocycles. The third-order valence-corrected chi connectivity index (χ3v) is 9.49. The number of carbonyl (C=O) groups is 2. The van der Waals surface area contributed by atoms with Crippen molar-refractivity contribution in [2.75, 3.05) is 20.3 Å². The maximum atomic E-state index is 14.0. The van der Waals surface area contributed by atoms with Crippen LogP contribution in [-0.2, 0) is 23.8 Å². The van der Waals surface area contributed by atoms with Gasteiger partial charge < -0.3 is 24.4 Å². The minimum atomic E-state index is -1.96. The Kier molecular flexibility index (Phi) is 4.36. The van der Waals surface area contributed by atoms with Crippen LogP contribution in [0.2, 0.25) is 0 Å². The molecule has 2 N–H and O–H groups in total. The smallest absolute Gasteiger partial charge is 0.302 e. The average molecular weight is 423 g/mol. The van der Waals surface area contributed by atoms with E-state index in [9.17, 15) is 19.8 Å². The zero-order valence-corrected chi connectivity index (χ0v) is 18.3. The van der Waals surface area contributed by atoms with Gasteiger partial charge >= 0.3 is 5.97 Å². The fraction of sp³-hybridized carbons (Fsp3) is 0.913. The Morgan fingerprint density at radius 1 is 1.27 bits per heavy atom. The summed E-state index contributed by atoms with van der Waals surface area (Å²) in [5.74, 6) is -3.45. The average Bonchev–Trinajstić information content (AvgIpc) is 2.85. The van der Waals surface area contributed by atoms with Crippen molar-refractivity contribution in [3.8, 4) is 0 Å². The van der Waals surface area contributed by atoms with E-state index in [-0.39, 0.29) is 54.1 Å². The van der Waals surface area contributed by atoms with Crippen LogP contribution in [0, 0.1) is 39.9 Å². The Balaban J connectivity index is 1.73. The first-order valence-electron chi connectivity index (χ1n) is 11.3. The van der Waals surface area contributed by atoms with Crippen LogP contribution in [0.3, 0.4) is 0 Å². The molecular formula is C23H34O7. The molecule has 30 heavy (non-hydrogen) atoms. The van der Waals surface area contributed by atoms with Crippen molar-refractivity contribution < 1.29 is 34.0 Å². The lowest BCUT2D eigenvalue weighted by Gasteiger charge is -2.74. The van der Waals surface area contributed by atoms with Gasteiger partial charge in [-0.25, -0.2) is 0 Å². The summed E-state index contributed by atoms with van der Waals surface area (Å²) in [5, 5.41) is 23.5. The zero-order valence-electron chi connectivity index (χ0n) is 18.3. The van der Waals surface area contributed by atoms with E-state index in [2.05, 4.69) is 13.8 Å². The van der Waals surface area contributed by atoms with Gasteiger partial charge in [-0.05, 0) is 37.0 Å². The van der Waals surface area contributed by atoms with E-state index in [1.807, 2.05) is 0 Å². The van der Waals surface area contributed by atoms with E-state index < -0.39 is 28.8 Å². The molecule has 0 amide bonds. The van der Waals surface area contributed by atoms with E-state index in [4.69, 9.17) is 14.2 Å². The number of hydrogen-bond donors (Lipinski definition) is 2. The Hall–Kier alpha value is -1.02. The summed E-state index contributed by atoms with van der Waals surface area (Å²) in [5.41, 5.74) is -1.99. The number of fused-ring (bicyclic) bond motifs is 2. The molecule has 6 aliphatic rings. The summed E-state index contributed by atoms with van der Waals surface area (Å²) >= 11 is 0. The van der Waals surface area contributed by atoms with Crippen LogP contribution < -0.4 is 0 Å². The number of methoxy groups -OCH3 is 1. The standard InChI is InChI=1S/C23H34O7/c1-12(24)30-15-8-13-9-22(18(25)14(13)10-28-4)16(15)21-7-5-6-20(2,3)17(21)19(26)23(22,27)29-11-21/h13-17,19,26-27H,5-11H2,1-4H3/t13-,14+,15+,16+,17-,19+,21-,22+,23-/m1/s1. The molecule has 2 saturated heterocycles. The molecule has 4 bridgehead atoms. The van der Waals surface area contributed by atoms with Gasteiger partial charge in [0, 0.05) is 37.2 Å². The Labute approximate surface area is 177 Å². The molecule has 9 atom stereocenters. The first kappa shape index (κ1) is 20.9. The quantitative estimate of drug-likeness (QED) is 0.667. The molecule has 6 rings (SSSR count). The van der Waals surface area contributed by atoms with Crippen molar-refractivity contribution in [1.82, 2.24) is 0 Å². The lowest BCUT2D eigenvalue weighted by molar-refractivity contribution is -0.445. The van der Waals surface area contributed by atoms with Gasteiger partial charge in [-0.1, -0.05) is 20.3 Å². The maximum Gasteiger partial charge on any atom is 0.302 e. The van der Waals surface area contributed by atoms with E-state index in [0.717, 1.165) is 19.3 Å². The van der Waals surface area contributed by atoms with Gasteiger partial charge in [0.2, 0.25) is 5.79 Å². The van der Waals surface area contributed by atoms with E-state index in [1.54, 1.807) is 7.11 Å². The highest BCUT2D eigenvalue weighted by atomic mass is 16.6. The summed E-state index contributed by atoms with van der Waals surface area (Å²) < 4.78 is 17.3. The van der Waals surface area contributed by atoms with Gasteiger partial charge in [0.25, 0.3) is 0 Å². The largest absolute Gasteiger partial charge is 0.462 e. The van der Waals surface area contributed by atoms with Crippen molar-refractivity contribution in [1.29, 1.82) is 0 Å². The molecule has 0 aromatic rings. The first-order valence-corrected chi connectivity index (χ1v) is 11.3. The number of Topliss-reactive ketones (excluding diaryl/α,β-unsaturated/α-hetero) is 1.